The van der Waals surface area contributed by atoms with E-state index in [0.717, 1.165) is 22.6 Å². The molecule has 130 valence electrons. The molecule has 0 bridgehead atoms. The summed E-state index contributed by atoms with van der Waals surface area (Å²) in [4.78, 5) is 0. The molecule has 0 aliphatic rings. The van der Waals surface area contributed by atoms with Crippen molar-refractivity contribution < 1.29 is 9.47 Å². The lowest BCUT2D eigenvalue weighted by Crippen LogP contribution is -2.11. The molecule has 6 nitrogen and oxygen atoms in total. The van der Waals surface area contributed by atoms with E-state index in [-0.39, 0.29) is 0 Å². The van der Waals surface area contributed by atoms with Crippen LogP contribution in [0.15, 0.2) is 47.6 Å². The van der Waals surface area contributed by atoms with Crippen molar-refractivity contribution in [3.8, 4) is 22.9 Å². The molecule has 0 unspecified atom stereocenters. The highest BCUT2D eigenvalue weighted by Gasteiger charge is 2.13. The fourth-order valence-electron chi connectivity index (χ4n) is 2.31. The summed E-state index contributed by atoms with van der Waals surface area (Å²) < 4.78 is 12.0. The molecule has 0 spiro atoms. The lowest BCUT2D eigenvalue weighted by Gasteiger charge is -2.08. The van der Waals surface area contributed by atoms with Crippen LogP contribution >= 0.6 is 23.4 Å². The standard InChI is InChI=1S/C17H17ClN4O2S/c1-23-14-6-3-11(4-7-14)16-20-21-17(22(16)19)25-10-12-9-13(18)5-8-15(12)24-2/h3-9H,10,19H2,1-2H3. The minimum Gasteiger partial charge on any atom is -0.497 e. The highest BCUT2D eigenvalue weighted by atomic mass is 35.5. The molecule has 0 fully saturated rings. The molecule has 0 aliphatic carbocycles. The third-order valence-electron chi connectivity index (χ3n) is 3.61. The molecule has 3 rings (SSSR count). The van der Waals surface area contributed by atoms with Crippen molar-refractivity contribution in [1.29, 1.82) is 0 Å². The van der Waals surface area contributed by atoms with Gasteiger partial charge in [-0.05, 0) is 42.5 Å². The average molecular weight is 377 g/mol. The van der Waals surface area contributed by atoms with Crippen molar-refractivity contribution in [3.63, 3.8) is 0 Å². The van der Waals surface area contributed by atoms with Gasteiger partial charge >= 0.3 is 0 Å². The maximum atomic E-state index is 6.15. The largest absolute Gasteiger partial charge is 0.497 e. The Kier molecular flexibility index (Phi) is 5.35. The van der Waals surface area contributed by atoms with Crippen molar-refractivity contribution in [3.05, 3.63) is 53.1 Å². The van der Waals surface area contributed by atoms with Crippen molar-refractivity contribution in [2.45, 2.75) is 10.9 Å². The van der Waals surface area contributed by atoms with Crippen molar-refractivity contribution in [2.24, 2.45) is 0 Å². The van der Waals surface area contributed by atoms with Gasteiger partial charge in [0.25, 0.3) is 0 Å². The van der Waals surface area contributed by atoms with Crippen molar-refractivity contribution in [2.75, 3.05) is 20.1 Å². The van der Waals surface area contributed by atoms with Crippen LogP contribution in [-0.2, 0) is 5.75 Å². The van der Waals surface area contributed by atoms with Crippen LogP contribution in [0.3, 0.4) is 0 Å². The fraction of sp³-hybridized carbons (Fsp3) is 0.176. The molecule has 0 amide bonds. The van der Waals surface area contributed by atoms with Gasteiger partial charge in [-0.1, -0.05) is 23.4 Å². The number of hydrogen-bond acceptors (Lipinski definition) is 6. The zero-order valence-corrected chi connectivity index (χ0v) is 15.3. The van der Waals surface area contributed by atoms with Crippen molar-refractivity contribution in [1.82, 2.24) is 14.9 Å². The average Bonchev–Trinajstić information content (AvgIpc) is 3.01. The summed E-state index contributed by atoms with van der Waals surface area (Å²) in [6, 6.07) is 13.0. The normalized spacial score (nSPS) is 10.7. The number of halogens is 1. The second kappa shape index (κ2) is 7.67. The Labute approximate surface area is 154 Å². The van der Waals surface area contributed by atoms with E-state index in [9.17, 15) is 0 Å². The van der Waals surface area contributed by atoms with Crippen LogP contribution in [0.2, 0.25) is 5.02 Å². The van der Waals surface area contributed by atoms with Crippen LogP contribution in [0, 0.1) is 0 Å². The quantitative estimate of drug-likeness (QED) is 0.523. The second-order valence-corrected chi connectivity index (χ2v) is 6.53. The van der Waals surface area contributed by atoms with E-state index < -0.39 is 0 Å². The van der Waals surface area contributed by atoms with Gasteiger partial charge in [0.1, 0.15) is 11.5 Å². The van der Waals surface area contributed by atoms with Crippen LogP contribution in [0.1, 0.15) is 5.56 Å². The van der Waals surface area contributed by atoms with Crippen LogP contribution in [0.5, 0.6) is 11.5 Å². The lowest BCUT2D eigenvalue weighted by atomic mass is 10.2. The van der Waals surface area contributed by atoms with Gasteiger partial charge in [-0.3, -0.25) is 0 Å². The Morgan fingerprint density at radius 1 is 1.08 bits per heavy atom. The molecule has 0 aliphatic heterocycles. The maximum Gasteiger partial charge on any atom is 0.210 e. The van der Waals surface area contributed by atoms with Gasteiger partial charge in [-0.15, -0.1) is 10.2 Å². The highest BCUT2D eigenvalue weighted by Crippen LogP contribution is 2.30. The minimum absolute atomic E-state index is 0.586. The van der Waals surface area contributed by atoms with Gasteiger partial charge in [0.2, 0.25) is 5.16 Å². The van der Waals surface area contributed by atoms with E-state index >= 15 is 0 Å². The van der Waals surface area contributed by atoms with Gasteiger partial charge in [0.15, 0.2) is 5.82 Å². The number of nitrogens with zero attached hydrogens (tertiary/aromatic N) is 3. The monoisotopic (exact) mass is 376 g/mol. The number of nitrogens with two attached hydrogens (primary N) is 1. The molecule has 3 aromatic rings. The summed E-state index contributed by atoms with van der Waals surface area (Å²) in [6.07, 6.45) is 0. The van der Waals surface area contributed by atoms with Crippen LogP contribution in [0.25, 0.3) is 11.4 Å². The summed E-state index contributed by atoms with van der Waals surface area (Å²) in [6.45, 7) is 0. The lowest BCUT2D eigenvalue weighted by molar-refractivity contribution is 0.411. The Balaban J connectivity index is 1.78. The number of benzene rings is 2. The molecule has 2 aromatic carbocycles. The van der Waals surface area contributed by atoms with Crippen LogP contribution < -0.4 is 15.3 Å². The first-order chi connectivity index (χ1) is 12.1. The maximum absolute atomic E-state index is 6.15. The first-order valence-electron chi connectivity index (χ1n) is 7.42. The van der Waals surface area contributed by atoms with E-state index in [1.165, 1.54) is 16.4 Å². The molecule has 1 aromatic heterocycles. The number of nitrogen functional groups attached to an aromatic ring is 1. The molecule has 2 N–H and O–H groups in total. The van der Waals surface area contributed by atoms with Gasteiger partial charge in [0.05, 0.1) is 14.2 Å². The third kappa shape index (κ3) is 3.83. The summed E-state index contributed by atoms with van der Waals surface area (Å²) >= 11 is 7.53. The number of hydrogen-bond donors (Lipinski definition) is 1. The highest BCUT2D eigenvalue weighted by molar-refractivity contribution is 7.98. The summed E-state index contributed by atoms with van der Waals surface area (Å²) in [7, 11) is 3.25. The van der Waals surface area contributed by atoms with Gasteiger partial charge in [-0.2, -0.15) is 0 Å². The molecule has 25 heavy (non-hydrogen) atoms. The molecule has 8 heteroatoms. The topological polar surface area (TPSA) is 75.2 Å². The third-order valence-corrected chi connectivity index (χ3v) is 4.84. The predicted octanol–water partition coefficient (Wildman–Crippen LogP) is 3.62. The summed E-state index contributed by atoms with van der Waals surface area (Å²) in [5.41, 5.74) is 1.83. The molecule has 0 saturated heterocycles. The smallest absolute Gasteiger partial charge is 0.210 e. The molecule has 0 saturated carbocycles. The minimum atomic E-state index is 0.586. The number of aromatic nitrogens is 3. The van der Waals surface area contributed by atoms with Gasteiger partial charge in [0, 0.05) is 21.9 Å². The first kappa shape index (κ1) is 17.4. The fourth-order valence-corrected chi connectivity index (χ4v) is 3.34. The zero-order valence-electron chi connectivity index (χ0n) is 13.8. The predicted molar refractivity (Wildman–Crippen MR) is 99.7 cm³/mol. The molecule has 0 atom stereocenters. The Bertz CT molecular complexity index is 868. The van der Waals surface area contributed by atoms with E-state index in [1.807, 2.05) is 36.4 Å². The van der Waals surface area contributed by atoms with Gasteiger partial charge in [-0.25, -0.2) is 4.68 Å². The Morgan fingerprint density at radius 2 is 1.84 bits per heavy atom. The van der Waals surface area contributed by atoms with E-state index in [2.05, 4.69) is 10.2 Å². The number of rotatable bonds is 6. The van der Waals surface area contributed by atoms with E-state index in [0.29, 0.717) is 21.8 Å². The molecule has 0 radical (unpaired) electrons. The molecule has 1 heterocycles. The number of methoxy groups -OCH3 is 2. The Morgan fingerprint density at radius 3 is 2.52 bits per heavy atom. The SMILES string of the molecule is COc1ccc(-c2nnc(SCc3cc(Cl)ccc3OC)n2N)cc1. The molecular formula is C17H17ClN4O2S. The zero-order chi connectivity index (χ0) is 17.8. The summed E-state index contributed by atoms with van der Waals surface area (Å²) in [5, 5.41) is 9.62. The second-order valence-electron chi connectivity index (χ2n) is 5.15. The van der Waals surface area contributed by atoms with E-state index in [1.54, 1.807) is 20.3 Å². The summed E-state index contributed by atoms with van der Waals surface area (Å²) in [5.74, 6) is 8.90. The van der Waals surface area contributed by atoms with Crippen LogP contribution in [0.4, 0.5) is 0 Å². The van der Waals surface area contributed by atoms with Crippen molar-refractivity contribution >= 4 is 23.4 Å². The van der Waals surface area contributed by atoms with E-state index in [4.69, 9.17) is 26.9 Å². The number of ether oxygens (including phenoxy) is 2. The van der Waals surface area contributed by atoms with Gasteiger partial charge < -0.3 is 15.3 Å². The first-order valence-corrected chi connectivity index (χ1v) is 8.79. The molecular weight excluding hydrogens is 360 g/mol. The Hall–Kier alpha value is -2.38. The number of thioether (sulfide) groups is 1. The van der Waals surface area contributed by atoms with Crippen LogP contribution in [-0.4, -0.2) is 29.1 Å².